The number of nitrogens with zero attached hydrogens (tertiary/aromatic N) is 2. The second-order valence-electron chi connectivity index (χ2n) is 5.31. The molecule has 5 nitrogen and oxygen atoms in total. The Morgan fingerprint density at radius 1 is 1.39 bits per heavy atom. The molecule has 0 radical (unpaired) electrons. The molecule has 1 heterocycles. The summed E-state index contributed by atoms with van der Waals surface area (Å²) in [7, 11) is 1.76. The molecule has 1 unspecified atom stereocenters. The third kappa shape index (κ3) is 5.23. The Balaban J connectivity index is 2.10. The molecule has 23 heavy (non-hydrogen) atoms. The van der Waals surface area contributed by atoms with E-state index in [9.17, 15) is 0 Å². The zero-order chi connectivity index (χ0) is 16.5. The van der Waals surface area contributed by atoms with Crippen molar-refractivity contribution in [2.24, 2.45) is 4.99 Å². The Kier molecular flexibility index (Phi) is 7.39. The van der Waals surface area contributed by atoms with Gasteiger partial charge < -0.3 is 15.4 Å². The highest BCUT2D eigenvalue weighted by atomic mass is 35.5. The van der Waals surface area contributed by atoms with Crippen LogP contribution in [0.2, 0.25) is 5.02 Å². The number of halogens is 1. The van der Waals surface area contributed by atoms with E-state index >= 15 is 0 Å². The topological polar surface area (TPSA) is 48.9 Å². The van der Waals surface area contributed by atoms with Crippen LogP contribution in [0.25, 0.3) is 0 Å². The van der Waals surface area contributed by atoms with E-state index in [0.717, 1.165) is 49.4 Å². The molecule has 2 rings (SSSR count). The molecule has 1 fully saturated rings. The van der Waals surface area contributed by atoms with Crippen molar-refractivity contribution in [2.45, 2.75) is 6.04 Å². The minimum atomic E-state index is 0.176. The van der Waals surface area contributed by atoms with Crippen molar-refractivity contribution in [3.05, 3.63) is 47.5 Å². The average Bonchev–Trinajstić information content (AvgIpc) is 2.60. The number of hydrogen-bond donors (Lipinski definition) is 2. The Labute approximate surface area is 143 Å². The van der Waals surface area contributed by atoms with E-state index in [1.807, 2.05) is 18.2 Å². The van der Waals surface area contributed by atoms with Gasteiger partial charge in [-0.3, -0.25) is 9.89 Å². The second-order valence-corrected chi connectivity index (χ2v) is 5.72. The summed E-state index contributed by atoms with van der Waals surface area (Å²) in [6.07, 6.45) is 1.81. The lowest BCUT2D eigenvalue weighted by molar-refractivity contribution is 0.0170. The van der Waals surface area contributed by atoms with Crippen LogP contribution in [0.3, 0.4) is 0 Å². The van der Waals surface area contributed by atoms with Crippen LogP contribution in [0.1, 0.15) is 11.6 Å². The van der Waals surface area contributed by atoms with Gasteiger partial charge in [0.05, 0.1) is 19.3 Å². The van der Waals surface area contributed by atoms with E-state index in [0.29, 0.717) is 6.54 Å². The summed E-state index contributed by atoms with van der Waals surface area (Å²) in [6.45, 7) is 8.41. The first kappa shape index (κ1) is 17.8. The lowest BCUT2D eigenvalue weighted by Crippen LogP contribution is -2.46. The molecule has 126 valence electrons. The molecule has 6 heteroatoms. The third-order valence-corrected chi connectivity index (χ3v) is 4.20. The molecular formula is C17H25ClN4O. The second kappa shape index (κ2) is 9.55. The fourth-order valence-corrected chi connectivity index (χ4v) is 2.91. The van der Waals surface area contributed by atoms with E-state index in [4.69, 9.17) is 16.3 Å². The van der Waals surface area contributed by atoms with Crippen LogP contribution in [0.5, 0.6) is 0 Å². The van der Waals surface area contributed by atoms with Gasteiger partial charge in [-0.05, 0) is 11.6 Å². The fourth-order valence-electron chi connectivity index (χ4n) is 2.65. The largest absolute Gasteiger partial charge is 0.379 e. The highest BCUT2D eigenvalue weighted by molar-refractivity contribution is 6.31. The Morgan fingerprint density at radius 3 is 2.78 bits per heavy atom. The molecule has 0 aliphatic carbocycles. The summed E-state index contributed by atoms with van der Waals surface area (Å²) >= 11 is 6.43. The van der Waals surface area contributed by atoms with Gasteiger partial charge in [0.1, 0.15) is 0 Å². The van der Waals surface area contributed by atoms with Crippen LogP contribution >= 0.6 is 11.6 Å². The van der Waals surface area contributed by atoms with E-state index < -0.39 is 0 Å². The summed E-state index contributed by atoms with van der Waals surface area (Å²) in [5.74, 6) is 0.759. The average molecular weight is 337 g/mol. The monoisotopic (exact) mass is 336 g/mol. The summed E-state index contributed by atoms with van der Waals surface area (Å²) in [6, 6.07) is 8.19. The first-order valence-electron chi connectivity index (χ1n) is 7.88. The molecule has 2 N–H and O–H groups in total. The van der Waals surface area contributed by atoms with Crippen LogP contribution in [0.15, 0.2) is 41.9 Å². The number of rotatable bonds is 6. The van der Waals surface area contributed by atoms with Crippen molar-refractivity contribution in [1.82, 2.24) is 15.5 Å². The van der Waals surface area contributed by atoms with Crippen molar-refractivity contribution in [1.29, 1.82) is 0 Å². The smallest absolute Gasteiger partial charge is 0.191 e. The third-order valence-electron chi connectivity index (χ3n) is 3.85. The van der Waals surface area contributed by atoms with Crippen LogP contribution in [-0.2, 0) is 4.74 Å². The SMILES string of the molecule is C=CCNC(=NC)NCC(c1ccccc1Cl)N1CCOCC1. The van der Waals surface area contributed by atoms with Gasteiger partial charge in [-0.15, -0.1) is 6.58 Å². The molecule has 1 saturated heterocycles. The first-order valence-corrected chi connectivity index (χ1v) is 8.25. The normalized spacial score (nSPS) is 17.6. The lowest BCUT2D eigenvalue weighted by Gasteiger charge is -2.35. The lowest BCUT2D eigenvalue weighted by atomic mass is 10.0. The number of aliphatic imine (C=N–C) groups is 1. The number of nitrogens with one attached hydrogen (secondary N) is 2. The molecule has 1 aromatic rings. The summed E-state index contributed by atoms with van der Waals surface area (Å²) in [5, 5.41) is 7.36. The zero-order valence-corrected chi connectivity index (χ0v) is 14.4. The minimum absolute atomic E-state index is 0.176. The number of ether oxygens (including phenoxy) is 1. The molecule has 1 aliphatic heterocycles. The Morgan fingerprint density at radius 2 is 2.13 bits per heavy atom. The maximum Gasteiger partial charge on any atom is 0.191 e. The van der Waals surface area contributed by atoms with Crippen molar-refractivity contribution < 1.29 is 4.74 Å². The quantitative estimate of drug-likeness (QED) is 0.474. The molecular weight excluding hydrogens is 312 g/mol. The predicted molar refractivity (Wildman–Crippen MR) is 96.1 cm³/mol. The van der Waals surface area contributed by atoms with Crippen LogP contribution < -0.4 is 10.6 Å². The molecule has 1 atom stereocenters. The van der Waals surface area contributed by atoms with Crippen molar-refractivity contribution in [3.63, 3.8) is 0 Å². The van der Waals surface area contributed by atoms with Gasteiger partial charge in [-0.25, -0.2) is 0 Å². The Bertz CT molecular complexity index is 529. The molecule has 1 aliphatic rings. The van der Waals surface area contributed by atoms with Gasteiger partial charge in [-0.1, -0.05) is 35.9 Å². The zero-order valence-electron chi connectivity index (χ0n) is 13.6. The van der Waals surface area contributed by atoms with E-state index in [1.165, 1.54) is 0 Å². The standard InChI is InChI=1S/C17H25ClN4O/c1-3-8-20-17(19-2)21-13-16(22-9-11-23-12-10-22)14-6-4-5-7-15(14)18/h3-7,16H,1,8-13H2,2H3,(H2,19,20,21). The molecule has 0 aromatic heterocycles. The van der Waals surface area contributed by atoms with Crippen molar-refractivity contribution in [2.75, 3.05) is 46.4 Å². The van der Waals surface area contributed by atoms with Crippen LogP contribution in [0.4, 0.5) is 0 Å². The van der Waals surface area contributed by atoms with Gasteiger partial charge in [0.25, 0.3) is 0 Å². The first-order chi connectivity index (χ1) is 11.3. The maximum absolute atomic E-state index is 6.43. The Hall–Kier alpha value is -1.56. The highest BCUT2D eigenvalue weighted by Crippen LogP contribution is 2.27. The van der Waals surface area contributed by atoms with Gasteiger partial charge in [0.2, 0.25) is 0 Å². The maximum atomic E-state index is 6.43. The summed E-state index contributed by atoms with van der Waals surface area (Å²) in [4.78, 5) is 6.63. The van der Waals surface area contributed by atoms with E-state index in [1.54, 1.807) is 13.1 Å². The molecule has 0 amide bonds. The summed E-state index contributed by atoms with van der Waals surface area (Å²) in [5.41, 5.74) is 1.13. The number of guanidine groups is 1. The number of morpholine rings is 1. The van der Waals surface area contributed by atoms with Gasteiger partial charge in [0.15, 0.2) is 5.96 Å². The molecule has 0 saturated carbocycles. The van der Waals surface area contributed by atoms with Crippen LogP contribution in [-0.4, -0.2) is 57.3 Å². The predicted octanol–water partition coefficient (Wildman–Crippen LogP) is 2.06. The minimum Gasteiger partial charge on any atom is -0.379 e. The molecule has 0 spiro atoms. The number of benzene rings is 1. The highest BCUT2D eigenvalue weighted by Gasteiger charge is 2.24. The number of hydrogen-bond acceptors (Lipinski definition) is 3. The van der Waals surface area contributed by atoms with Crippen molar-refractivity contribution >= 4 is 17.6 Å². The van der Waals surface area contributed by atoms with Crippen LogP contribution in [0, 0.1) is 0 Å². The van der Waals surface area contributed by atoms with Crippen molar-refractivity contribution in [3.8, 4) is 0 Å². The molecule has 1 aromatic carbocycles. The van der Waals surface area contributed by atoms with E-state index in [2.05, 4.69) is 33.2 Å². The fraction of sp³-hybridized carbons (Fsp3) is 0.471. The van der Waals surface area contributed by atoms with E-state index in [-0.39, 0.29) is 6.04 Å². The van der Waals surface area contributed by atoms with Gasteiger partial charge in [0, 0.05) is 38.2 Å². The molecule has 0 bridgehead atoms. The van der Waals surface area contributed by atoms with Gasteiger partial charge in [-0.2, -0.15) is 0 Å². The van der Waals surface area contributed by atoms with Gasteiger partial charge >= 0.3 is 0 Å². The summed E-state index contributed by atoms with van der Waals surface area (Å²) < 4.78 is 5.47.